The highest BCUT2D eigenvalue weighted by molar-refractivity contribution is 5.75. The fraction of sp³-hybridized carbons (Fsp3) is 0.529. The van der Waals surface area contributed by atoms with E-state index < -0.39 is 0 Å². The molecule has 2 aromatic rings. The van der Waals surface area contributed by atoms with Crippen molar-refractivity contribution >= 4 is 5.91 Å². The van der Waals surface area contributed by atoms with Crippen molar-refractivity contribution in [2.75, 3.05) is 13.2 Å². The van der Waals surface area contributed by atoms with Crippen LogP contribution in [0.4, 0.5) is 0 Å². The summed E-state index contributed by atoms with van der Waals surface area (Å²) in [5, 5.41) is 7.04. The Labute approximate surface area is 141 Å². The molecule has 0 saturated carbocycles. The highest BCUT2D eigenvalue weighted by Crippen LogP contribution is 2.22. The number of hydrogen-bond acceptors (Lipinski definition) is 5. The zero-order valence-corrected chi connectivity index (χ0v) is 13.7. The first-order valence-electron chi connectivity index (χ1n) is 8.45. The first-order valence-corrected chi connectivity index (χ1v) is 8.45. The molecular weight excluding hydrogens is 306 g/mol. The van der Waals surface area contributed by atoms with Crippen molar-refractivity contribution in [2.45, 2.75) is 44.7 Å². The predicted octanol–water partition coefficient (Wildman–Crippen LogP) is 1.66. The second kappa shape index (κ2) is 8.54. The number of aromatic nitrogens is 4. The minimum absolute atomic E-state index is 0.0309. The summed E-state index contributed by atoms with van der Waals surface area (Å²) < 4.78 is 7.32. The fourth-order valence-electron chi connectivity index (χ4n) is 2.76. The highest BCUT2D eigenvalue weighted by Gasteiger charge is 2.18. The summed E-state index contributed by atoms with van der Waals surface area (Å²) in [6, 6.07) is 3.72. The van der Waals surface area contributed by atoms with Gasteiger partial charge in [0.25, 0.3) is 0 Å². The Bertz CT molecular complexity index is 638. The van der Waals surface area contributed by atoms with Crippen LogP contribution < -0.4 is 5.32 Å². The SMILES string of the molecule is O=C(CCCn1cccn1)NCc1ccnc(C2CCCOC2)n1. The van der Waals surface area contributed by atoms with Crippen LogP contribution in [0.15, 0.2) is 30.7 Å². The molecule has 7 nitrogen and oxygen atoms in total. The van der Waals surface area contributed by atoms with E-state index in [9.17, 15) is 4.79 Å². The van der Waals surface area contributed by atoms with Crippen LogP contribution in [0.2, 0.25) is 0 Å². The van der Waals surface area contributed by atoms with Gasteiger partial charge in [0.2, 0.25) is 5.91 Å². The Hall–Kier alpha value is -2.28. The van der Waals surface area contributed by atoms with Crippen molar-refractivity contribution in [3.63, 3.8) is 0 Å². The van der Waals surface area contributed by atoms with Crippen molar-refractivity contribution in [3.8, 4) is 0 Å². The molecule has 24 heavy (non-hydrogen) atoms. The van der Waals surface area contributed by atoms with Crippen LogP contribution in [0, 0.1) is 0 Å². The minimum atomic E-state index is 0.0309. The molecule has 3 heterocycles. The van der Waals surface area contributed by atoms with E-state index in [1.54, 1.807) is 12.4 Å². The van der Waals surface area contributed by atoms with Gasteiger partial charge in [0.15, 0.2) is 0 Å². The standard InChI is InChI=1S/C17H23N5O2/c23-16(5-1-9-22-10-3-7-20-22)19-12-15-6-8-18-17(21-15)14-4-2-11-24-13-14/h3,6-8,10,14H,1-2,4-5,9,11-13H2,(H,19,23). The van der Waals surface area contributed by atoms with Crippen molar-refractivity contribution in [2.24, 2.45) is 0 Å². The number of rotatable bonds is 7. The molecule has 0 radical (unpaired) electrons. The summed E-state index contributed by atoms with van der Waals surface area (Å²) in [7, 11) is 0. The van der Waals surface area contributed by atoms with Gasteiger partial charge in [-0.15, -0.1) is 0 Å². The molecular formula is C17H23N5O2. The topological polar surface area (TPSA) is 81.9 Å². The molecule has 7 heteroatoms. The summed E-state index contributed by atoms with van der Waals surface area (Å²) in [5.74, 6) is 1.12. The highest BCUT2D eigenvalue weighted by atomic mass is 16.5. The molecule has 1 fully saturated rings. The van der Waals surface area contributed by atoms with Crippen LogP contribution >= 0.6 is 0 Å². The van der Waals surface area contributed by atoms with Crippen LogP contribution in [-0.2, 0) is 22.6 Å². The van der Waals surface area contributed by atoms with Crippen LogP contribution in [0.1, 0.15) is 43.1 Å². The van der Waals surface area contributed by atoms with E-state index in [1.165, 1.54) is 0 Å². The largest absolute Gasteiger partial charge is 0.381 e. The van der Waals surface area contributed by atoms with Gasteiger partial charge in [0, 0.05) is 44.1 Å². The Morgan fingerprint density at radius 3 is 3.17 bits per heavy atom. The Morgan fingerprint density at radius 1 is 1.42 bits per heavy atom. The van der Waals surface area contributed by atoms with E-state index in [1.807, 2.05) is 23.0 Å². The average Bonchev–Trinajstić information content (AvgIpc) is 3.14. The minimum Gasteiger partial charge on any atom is -0.381 e. The van der Waals surface area contributed by atoms with Gasteiger partial charge in [-0.25, -0.2) is 9.97 Å². The fourth-order valence-corrected chi connectivity index (χ4v) is 2.76. The molecule has 128 valence electrons. The van der Waals surface area contributed by atoms with E-state index in [-0.39, 0.29) is 11.8 Å². The molecule has 1 atom stereocenters. The van der Waals surface area contributed by atoms with Crippen LogP contribution in [0.25, 0.3) is 0 Å². The van der Waals surface area contributed by atoms with E-state index in [0.717, 1.165) is 43.9 Å². The van der Waals surface area contributed by atoms with E-state index >= 15 is 0 Å². The molecule has 3 rings (SSSR count). The Balaban J connectivity index is 1.43. The number of nitrogens with one attached hydrogen (secondary N) is 1. The average molecular weight is 329 g/mol. The van der Waals surface area contributed by atoms with Crippen LogP contribution in [-0.4, -0.2) is 38.9 Å². The number of hydrogen-bond donors (Lipinski definition) is 1. The molecule has 1 aliphatic rings. The third-order valence-corrected chi connectivity index (χ3v) is 4.07. The second-order valence-electron chi connectivity index (χ2n) is 5.97. The smallest absolute Gasteiger partial charge is 0.220 e. The number of carbonyl (C=O) groups excluding carboxylic acids is 1. The zero-order chi connectivity index (χ0) is 16.6. The molecule has 0 bridgehead atoms. The number of nitrogens with zero attached hydrogens (tertiary/aromatic N) is 4. The third-order valence-electron chi connectivity index (χ3n) is 4.07. The van der Waals surface area contributed by atoms with E-state index in [4.69, 9.17) is 4.74 Å². The third kappa shape index (κ3) is 4.86. The molecule has 1 N–H and O–H groups in total. The van der Waals surface area contributed by atoms with Gasteiger partial charge in [-0.3, -0.25) is 9.48 Å². The first-order chi connectivity index (χ1) is 11.8. The van der Waals surface area contributed by atoms with Crippen molar-refractivity contribution in [1.29, 1.82) is 0 Å². The lowest BCUT2D eigenvalue weighted by molar-refractivity contribution is -0.121. The normalized spacial score (nSPS) is 17.6. The summed E-state index contributed by atoms with van der Waals surface area (Å²) in [4.78, 5) is 20.9. The molecule has 1 saturated heterocycles. The maximum absolute atomic E-state index is 11.9. The molecule has 2 aromatic heterocycles. The zero-order valence-electron chi connectivity index (χ0n) is 13.7. The van der Waals surface area contributed by atoms with E-state index in [0.29, 0.717) is 19.6 Å². The lowest BCUT2D eigenvalue weighted by Crippen LogP contribution is -2.24. The second-order valence-corrected chi connectivity index (χ2v) is 5.97. The predicted molar refractivity (Wildman–Crippen MR) is 88.1 cm³/mol. The quantitative estimate of drug-likeness (QED) is 0.835. The van der Waals surface area contributed by atoms with Gasteiger partial charge in [-0.05, 0) is 31.4 Å². The van der Waals surface area contributed by atoms with Gasteiger partial charge in [0.1, 0.15) is 5.82 Å². The molecule has 0 spiro atoms. The van der Waals surface area contributed by atoms with E-state index in [2.05, 4.69) is 20.4 Å². The summed E-state index contributed by atoms with van der Waals surface area (Å²) >= 11 is 0. The maximum atomic E-state index is 11.9. The summed E-state index contributed by atoms with van der Waals surface area (Å²) in [5.41, 5.74) is 0.839. The number of carbonyl (C=O) groups is 1. The van der Waals surface area contributed by atoms with Gasteiger partial charge in [-0.2, -0.15) is 5.10 Å². The van der Waals surface area contributed by atoms with Crippen molar-refractivity contribution in [1.82, 2.24) is 25.1 Å². The number of ether oxygens (including phenoxy) is 1. The van der Waals surface area contributed by atoms with Crippen LogP contribution in [0.5, 0.6) is 0 Å². The summed E-state index contributed by atoms with van der Waals surface area (Å²) in [6.07, 6.45) is 8.75. The van der Waals surface area contributed by atoms with Crippen molar-refractivity contribution < 1.29 is 9.53 Å². The molecule has 1 amide bonds. The van der Waals surface area contributed by atoms with Crippen LogP contribution in [0.3, 0.4) is 0 Å². The molecule has 1 aliphatic heterocycles. The summed E-state index contributed by atoms with van der Waals surface area (Å²) in [6.45, 7) is 2.69. The van der Waals surface area contributed by atoms with Gasteiger partial charge >= 0.3 is 0 Å². The Kier molecular flexibility index (Phi) is 5.90. The maximum Gasteiger partial charge on any atom is 0.220 e. The monoisotopic (exact) mass is 329 g/mol. The Morgan fingerprint density at radius 2 is 2.38 bits per heavy atom. The number of aryl methyl sites for hydroxylation is 1. The lowest BCUT2D eigenvalue weighted by atomic mass is 10.0. The van der Waals surface area contributed by atoms with Gasteiger partial charge in [0.05, 0.1) is 18.8 Å². The van der Waals surface area contributed by atoms with Crippen molar-refractivity contribution in [3.05, 3.63) is 42.2 Å². The van der Waals surface area contributed by atoms with Gasteiger partial charge < -0.3 is 10.1 Å². The first kappa shape index (κ1) is 16.6. The number of amides is 1. The molecule has 1 unspecified atom stereocenters. The lowest BCUT2D eigenvalue weighted by Gasteiger charge is -2.20. The molecule has 0 aromatic carbocycles. The molecule has 0 aliphatic carbocycles. The van der Waals surface area contributed by atoms with Gasteiger partial charge in [-0.1, -0.05) is 0 Å².